The van der Waals surface area contributed by atoms with Gasteiger partial charge in [0.15, 0.2) is 5.82 Å². The van der Waals surface area contributed by atoms with Crippen molar-refractivity contribution in [1.29, 1.82) is 0 Å². The van der Waals surface area contributed by atoms with E-state index in [1.807, 2.05) is 61.5 Å². The molecule has 3 aromatic carbocycles. The standard InChI is InChI=1S/C34H39N5O2/c1-23-28(10-9-11-29(23)37-32(40)24-12-14-25(15-13-24)34(2,3)4)30-22-38(5)33(41)31(36-30)35-26-16-18-27(19-17-26)39-20-7-6-8-21-39/h9-19,22H,6-8,20-21H2,1-5H3,(H,35,36)(H,37,40). The zero-order valence-corrected chi connectivity index (χ0v) is 24.6. The molecular formula is C34H39N5O2. The van der Waals surface area contributed by atoms with Crippen molar-refractivity contribution < 1.29 is 4.79 Å². The Bertz CT molecular complexity index is 1590. The van der Waals surface area contributed by atoms with Gasteiger partial charge < -0.3 is 20.1 Å². The minimum atomic E-state index is -0.213. The summed E-state index contributed by atoms with van der Waals surface area (Å²) in [5.74, 6) is 0.0815. The molecule has 41 heavy (non-hydrogen) atoms. The van der Waals surface area contributed by atoms with Crippen molar-refractivity contribution in [2.45, 2.75) is 52.4 Å². The number of benzene rings is 3. The normalized spacial score (nSPS) is 13.6. The molecule has 0 spiro atoms. The Morgan fingerprint density at radius 2 is 1.59 bits per heavy atom. The van der Waals surface area contributed by atoms with Crippen molar-refractivity contribution in [3.05, 3.63) is 100.0 Å². The molecule has 2 N–H and O–H groups in total. The van der Waals surface area contributed by atoms with E-state index in [-0.39, 0.29) is 22.7 Å². The minimum Gasteiger partial charge on any atom is -0.372 e. The molecule has 0 unspecified atom stereocenters. The molecule has 1 aliphatic heterocycles. The number of piperidine rings is 1. The third kappa shape index (κ3) is 6.35. The molecule has 1 amide bonds. The van der Waals surface area contributed by atoms with Crippen LogP contribution in [0.15, 0.2) is 77.7 Å². The lowest BCUT2D eigenvalue weighted by Gasteiger charge is -2.28. The number of carbonyl (C=O) groups is 1. The van der Waals surface area contributed by atoms with E-state index >= 15 is 0 Å². The summed E-state index contributed by atoms with van der Waals surface area (Å²) in [7, 11) is 1.72. The minimum absolute atomic E-state index is 0.0208. The predicted octanol–water partition coefficient (Wildman–Crippen LogP) is 7.04. The van der Waals surface area contributed by atoms with Gasteiger partial charge in [0, 0.05) is 54.5 Å². The van der Waals surface area contributed by atoms with Gasteiger partial charge in [-0.05, 0) is 85.2 Å². The number of aromatic nitrogens is 2. The zero-order valence-electron chi connectivity index (χ0n) is 24.6. The van der Waals surface area contributed by atoms with Crippen LogP contribution in [-0.2, 0) is 12.5 Å². The van der Waals surface area contributed by atoms with Gasteiger partial charge in [-0.15, -0.1) is 0 Å². The molecule has 0 bridgehead atoms. The van der Waals surface area contributed by atoms with Crippen LogP contribution in [-0.4, -0.2) is 28.5 Å². The van der Waals surface area contributed by atoms with Crippen LogP contribution in [0.25, 0.3) is 11.3 Å². The number of amides is 1. The smallest absolute Gasteiger partial charge is 0.293 e. The molecule has 5 rings (SSSR count). The highest BCUT2D eigenvalue weighted by molar-refractivity contribution is 6.05. The quantitative estimate of drug-likeness (QED) is 0.270. The van der Waals surface area contributed by atoms with Crippen LogP contribution >= 0.6 is 0 Å². The van der Waals surface area contributed by atoms with Crippen molar-refractivity contribution in [1.82, 2.24) is 9.55 Å². The van der Waals surface area contributed by atoms with Crippen molar-refractivity contribution >= 4 is 28.8 Å². The average molecular weight is 550 g/mol. The van der Waals surface area contributed by atoms with E-state index in [2.05, 4.69) is 48.4 Å². The van der Waals surface area contributed by atoms with Crippen molar-refractivity contribution in [2.24, 2.45) is 7.05 Å². The fourth-order valence-corrected chi connectivity index (χ4v) is 5.23. The van der Waals surface area contributed by atoms with Crippen molar-refractivity contribution in [3.63, 3.8) is 0 Å². The third-order valence-corrected chi connectivity index (χ3v) is 7.79. The first-order valence-corrected chi connectivity index (χ1v) is 14.3. The molecule has 1 fully saturated rings. The van der Waals surface area contributed by atoms with Gasteiger partial charge in [0.1, 0.15) is 0 Å². The van der Waals surface area contributed by atoms with Crippen LogP contribution in [0.5, 0.6) is 0 Å². The van der Waals surface area contributed by atoms with Gasteiger partial charge in [-0.3, -0.25) is 9.59 Å². The number of rotatable bonds is 6. The number of carbonyl (C=O) groups excluding carboxylic acids is 1. The van der Waals surface area contributed by atoms with Gasteiger partial charge in [-0.2, -0.15) is 0 Å². The second-order valence-electron chi connectivity index (χ2n) is 11.9. The number of hydrogen-bond donors (Lipinski definition) is 2. The second kappa shape index (κ2) is 11.6. The maximum absolute atomic E-state index is 13.1. The summed E-state index contributed by atoms with van der Waals surface area (Å²) in [5.41, 5.74) is 6.64. The molecule has 7 nitrogen and oxygen atoms in total. The Kier molecular flexibility index (Phi) is 7.97. The van der Waals surface area contributed by atoms with E-state index in [1.54, 1.807) is 13.2 Å². The highest BCUT2D eigenvalue weighted by Crippen LogP contribution is 2.29. The fraction of sp³-hybridized carbons (Fsp3) is 0.324. The van der Waals surface area contributed by atoms with Crippen LogP contribution < -0.4 is 21.1 Å². The highest BCUT2D eigenvalue weighted by Gasteiger charge is 2.17. The molecule has 212 valence electrons. The Hall–Kier alpha value is -4.39. The van der Waals surface area contributed by atoms with Gasteiger partial charge in [0.25, 0.3) is 11.5 Å². The summed E-state index contributed by atoms with van der Waals surface area (Å²) in [6, 6.07) is 21.6. The highest BCUT2D eigenvalue weighted by atomic mass is 16.1. The second-order valence-corrected chi connectivity index (χ2v) is 11.9. The van der Waals surface area contributed by atoms with Crippen molar-refractivity contribution in [3.8, 4) is 11.3 Å². The average Bonchev–Trinajstić information content (AvgIpc) is 2.97. The first-order chi connectivity index (χ1) is 19.6. The monoisotopic (exact) mass is 549 g/mol. The van der Waals surface area contributed by atoms with Gasteiger partial charge in [0.2, 0.25) is 0 Å². The first-order valence-electron chi connectivity index (χ1n) is 14.3. The SMILES string of the molecule is Cc1c(NC(=O)c2ccc(C(C)(C)C)cc2)cccc1-c1cn(C)c(=O)c(Nc2ccc(N3CCCCC3)cc2)n1. The van der Waals surface area contributed by atoms with Gasteiger partial charge in [-0.1, -0.05) is 45.0 Å². The molecule has 4 aromatic rings. The van der Waals surface area contributed by atoms with E-state index in [1.165, 1.54) is 35.1 Å². The van der Waals surface area contributed by atoms with E-state index in [0.717, 1.165) is 29.9 Å². The van der Waals surface area contributed by atoms with Crippen LogP contribution in [0.4, 0.5) is 22.9 Å². The number of nitrogens with zero attached hydrogens (tertiary/aromatic N) is 3. The number of hydrogen-bond acceptors (Lipinski definition) is 5. The molecule has 0 saturated carbocycles. The lowest BCUT2D eigenvalue weighted by atomic mass is 9.86. The molecule has 0 atom stereocenters. The molecule has 0 radical (unpaired) electrons. The Labute approximate surface area is 242 Å². The number of nitrogens with one attached hydrogen (secondary N) is 2. The van der Waals surface area contributed by atoms with E-state index in [0.29, 0.717) is 16.9 Å². The van der Waals surface area contributed by atoms with Crippen LogP contribution in [0, 0.1) is 6.92 Å². The largest absolute Gasteiger partial charge is 0.372 e. The summed E-state index contributed by atoms with van der Waals surface area (Å²) < 4.78 is 1.54. The maximum Gasteiger partial charge on any atom is 0.293 e. The maximum atomic E-state index is 13.1. The summed E-state index contributed by atoms with van der Waals surface area (Å²) in [6.07, 6.45) is 5.47. The van der Waals surface area contributed by atoms with Crippen molar-refractivity contribution in [2.75, 3.05) is 28.6 Å². The van der Waals surface area contributed by atoms with E-state index in [4.69, 9.17) is 4.98 Å². The van der Waals surface area contributed by atoms with E-state index in [9.17, 15) is 9.59 Å². The lowest BCUT2D eigenvalue weighted by Crippen LogP contribution is -2.29. The molecular weight excluding hydrogens is 510 g/mol. The van der Waals surface area contributed by atoms with Crippen LogP contribution in [0.1, 0.15) is 61.5 Å². The lowest BCUT2D eigenvalue weighted by molar-refractivity contribution is 0.102. The Morgan fingerprint density at radius 3 is 2.24 bits per heavy atom. The van der Waals surface area contributed by atoms with Gasteiger partial charge in [-0.25, -0.2) is 4.98 Å². The Balaban J connectivity index is 1.37. The number of anilines is 4. The summed E-state index contributed by atoms with van der Waals surface area (Å²) in [4.78, 5) is 33.2. The first kappa shape index (κ1) is 28.1. The molecule has 1 saturated heterocycles. The van der Waals surface area contributed by atoms with Gasteiger partial charge >= 0.3 is 0 Å². The fourth-order valence-electron chi connectivity index (χ4n) is 5.23. The summed E-state index contributed by atoms with van der Waals surface area (Å²) >= 11 is 0. The van der Waals surface area contributed by atoms with E-state index < -0.39 is 0 Å². The summed E-state index contributed by atoms with van der Waals surface area (Å²) in [6.45, 7) is 10.6. The van der Waals surface area contributed by atoms with Gasteiger partial charge in [0.05, 0.1) is 5.69 Å². The molecule has 1 aromatic heterocycles. The third-order valence-electron chi connectivity index (χ3n) is 7.79. The number of aryl methyl sites for hydroxylation is 1. The molecule has 7 heteroatoms. The molecule has 0 aliphatic carbocycles. The zero-order chi connectivity index (χ0) is 29.1. The van der Waals surface area contributed by atoms with Crippen LogP contribution in [0.3, 0.4) is 0 Å². The molecule has 1 aliphatic rings. The topological polar surface area (TPSA) is 79.3 Å². The predicted molar refractivity (Wildman–Crippen MR) is 169 cm³/mol. The molecule has 2 heterocycles. The van der Waals surface area contributed by atoms with Crippen LogP contribution in [0.2, 0.25) is 0 Å². The Morgan fingerprint density at radius 1 is 0.902 bits per heavy atom. The summed E-state index contributed by atoms with van der Waals surface area (Å²) in [5, 5.41) is 6.28.